The fourth-order valence-electron chi connectivity index (χ4n) is 4.40. The van der Waals surface area contributed by atoms with Gasteiger partial charge in [-0.25, -0.2) is 0 Å². The van der Waals surface area contributed by atoms with Crippen molar-refractivity contribution < 1.29 is 56.1 Å². The Morgan fingerprint density at radius 3 is 1.62 bits per heavy atom. The first-order chi connectivity index (χ1) is 26.2. The molecule has 0 saturated carbocycles. The summed E-state index contributed by atoms with van der Waals surface area (Å²) in [5, 5.41) is 61.5. The van der Waals surface area contributed by atoms with Gasteiger partial charge in [0.1, 0.15) is 5.75 Å². The second-order valence-electron chi connectivity index (χ2n) is 10.6. The molecule has 6 aromatic rings. The number of ether oxygens (including phenoxy) is 2. The minimum Gasteiger partial charge on any atom is -0.423 e. The van der Waals surface area contributed by atoms with Gasteiger partial charge in [-0.15, -0.1) is 46.7 Å². The molecule has 0 aliphatic rings. The summed E-state index contributed by atoms with van der Waals surface area (Å²) in [6.45, 7) is 0.364. The Morgan fingerprint density at radius 1 is 0.618 bits per heavy atom. The zero-order valence-corrected chi connectivity index (χ0v) is 28.2. The molecule has 290 valence electrons. The molecule has 2 aromatic heterocycles. The number of tetrazole rings is 2. The molecule has 0 saturated heterocycles. The summed E-state index contributed by atoms with van der Waals surface area (Å²) in [5.74, 6) is -0.223. The molecule has 0 aliphatic heterocycles. The van der Waals surface area contributed by atoms with E-state index in [1.54, 1.807) is 36.4 Å². The summed E-state index contributed by atoms with van der Waals surface area (Å²) in [6, 6.07) is 24.7. The summed E-state index contributed by atoms with van der Waals surface area (Å²) >= 11 is 0. The van der Waals surface area contributed by atoms with Gasteiger partial charge in [-0.2, -0.15) is 9.59 Å². The highest BCUT2D eigenvalue weighted by Crippen LogP contribution is 2.35. The maximum atomic E-state index is 12.6. The van der Waals surface area contributed by atoms with E-state index in [2.05, 4.69) is 45.6 Å². The molecule has 0 bridgehead atoms. The Balaban J connectivity index is 0.000000198. The fourth-order valence-corrected chi connectivity index (χ4v) is 4.40. The number of alkyl halides is 6. The number of hydrogen-bond acceptors (Lipinski definition) is 14. The molecular formula is C32H31BF6N10O6. The van der Waals surface area contributed by atoms with Crippen molar-refractivity contribution in [3.63, 3.8) is 0 Å². The predicted octanol–water partition coefficient (Wildman–Crippen LogP) is 3.15. The first kappa shape index (κ1) is 41.5. The van der Waals surface area contributed by atoms with Crippen molar-refractivity contribution in [1.29, 1.82) is 0 Å². The maximum absolute atomic E-state index is 12.6. The average molecular weight is 776 g/mol. The normalized spacial score (nSPS) is 11.1. The Morgan fingerprint density at radius 2 is 1.07 bits per heavy atom. The number of aromatic nitrogens is 8. The van der Waals surface area contributed by atoms with Gasteiger partial charge < -0.3 is 40.8 Å². The molecule has 0 radical (unpaired) electrons. The quantitative estimate of drug-likeness (QED) is 0.0632. The molecule has 0 fully saturated rings. The van der Waals surface area contributed by atoms with Crippen LogP contribution in [0.3, 0.4) is 0 Å². The van der Waals surface area contributed by atoms with Gasteiger partial charge in [-0.1, -0.05) is 54.6 Å². The number of halogens is 6. The van der Waals surface area contributed by atoms with Gasteiger partial charge in [0.15, 0.2) is 5.75 Å². The molecule has 23 heteroatoms. The van der Waals surface area contributed by atoms with Crippen LogP contribution in [0.2, 0.25) is 0 Å². The van der Waals surface area contributed by atoms with Crippen molar-refractivity contribution in [3.8, 4) is 34.3 Å². The van der Waals surface area contributed by atoms with Gasteiger partial charge in [-0.3, -0.25) is 0 Å². The summed E-state index contributed by atoms with van der Waals surface area (Å²) in [5.41, 5.74) is 7.96. The number of para-hydroxylation sites is 5. The number of nitrogens with zero attached hydrogens (tertiary/aromatic N) is 8. The van der Waals surface area contributed by atoms with E-state index >= 15 is 0 Å². The molecule has 4 aromatic carbocycles. The molecule has 0 aliphatic carbocycles. The Bertz CT molecular complexity index is 2100. The maximum Gasteiger partial charge on any atom is 0.573 e. The van der Waals surface area contributed by atoms with Gasteiger partial charge >= 0.3 is 19.8 Å². The number of hydrogen-bond donors (Lipinski definition) is 6. The van der Waals surface area contributed by atoms with E-state index in [1.165, 1.54) is 39.9 Å². The number of nitrogens with one attached hydrogen (secondary N) is 1. The lowest BCUT2D eigenvalue weighted by molar-refractivity contribution is -0.275. The standard InChI is InChI=1S/C16H14F3N5O2.C9H11N5O.C7H6BF3O3/c17-16(18,19)26-14-8-4-3-7-13(14)20-12-6-2-1-5-11(12)15-21-23-24(22-15)9-10-25;10-8-4-2-1-3-7(8)9-11-13-14(12-9)5-6-15;9-7(10,11)14-6-4-2-1-3-5(6)8(12)13/h1-8,20,25H,9-10H2;1-4,15H,5-6,10H2;1-4,12-13H. The summed E-state index contributed by atoms with van der Waals surface area (Å²) < 4.78 is 80.8. The highest BCUT2D eigenvalue weighted by molar-refractivity contribution is 6.59. The molecule has 16 nitrogen and oxygen atoms in total. The van der Waals surface area contributed by atoms with Crippen LogP contribution in [-0.4, -0.2) is 93.7 Å². The minimum atomic E-state index is -4.84. The van der Waals surface area contributed by atoms with E-state index in [9.17, 15) is 26.3 Å². The third kappa shape index (κ3) is 13.0. The van der Waals surface area contributed by atoms with Crippen molar-refractivity contribution in [2.75, 3.05) is 24.3 Å². The molecular weight excluding hydrogens is 745 g/mol. The second kappa shape index (κ2) is 19.2. The van der Waals surface area contributed by atoms with Gasteiger partial charge in [-0.05, 0) is 52.9 Å². The van der Waals surface area contributed by atoms with Crippen molar-refractivity contribution >= 4 is 29.6 Å². The number of aliphatic hydroxyl groups is 2. The third-order valence-corrected chi connectivity index (χ3v) is 6.68. The molecule has 0 unspecified atom stereocenters. The van der Waals surface area contributed by atoms with E-state index in [0.29, 0.717) is 29.3 Å². The van der Waals surface area contributed by atoms with Crippen LogP contribution in [-0.2, 0) is 13.1 Å². The topological polar surface area (TPSA) is 225 Å². The average Bonchev–Trinajstić information content (AvgIpc) is 3.79. The van der Waals surface area contributed by atoms with E-state index in [-0.39, 0.29) is 42.5 Å². The highest BCUT2D eigenvalue weighted by atomic mass is 19.4. The number of aliphatic hydroxyl groups excluding tert-OH is 2. The van der Waals surface area contributed by atoms with E-state index < -0.39 is 25.6 Å². The van der Waals surface area contributed by atoms with Crippen LogP contribution >= 0.6 is 0 Å². The van der Waals surface area contributed by atoms with Crippen LogP contribution in [0, 0.1) is 0 Å². The zero-order chi connectivity index (χ0) is 40.0. The lowest BCUT2D eigenvalue weighted by Gasteiger charge is -2.15. The molecule has 0 amide bonds. The van der Waals surface area contributed by atoms with Gasteiger partial charge in [0.2, 0.25) is 11.6 Å². The number of nitrogen functional groups attached to an aromatic ring is 1. The lowest BCUT2D eigenvalue weighted by atomic mass is 9.80. The van der Waals surface area contributed by atoms with Gasteiger partial charge in [0, 0.05) is 28.0 Å². The zero-order valence-electron chi connectivity index (χ0n) is 28.2. The largest absolute Gasteiger partial charge is 0.573 e. The fraction of sp³-hybridized carbons (Fsp3) is 0.188. The van der Waals surface area contributed by atoms with Gasteiger partial charge in [0.25, 0.3) is 0 Å². The minimum absolute atomic E-state index is 0.0138. The molecule has 6 rings (SSSR count). The van der Waals surface area contributed by atoms with Crippen LogP contribution < -0.4 is 26.0 Å². The van der Waals surface area contributed by atoms with Crippen LogP contribution in [0.5, 0.6) is 11.5 Å². The van der Waals surface area contributed by atoms with Crippen molar-refractivity contribution in [1.82, 2.24) is 40.4 Å². The monoisotopic (exact) mass is 776 g/mol. The second-order valence-corrected chi connectivity index (χ2v) is 10.6. The van der Waals surface area contributed by atoms with Crippen molar-refractivity contribution in [3.05, 3.63) is 97.1 Å². The van der Waals surface area contributed by atoms with E-state index in [1.807, 2.05) is 18.2 Å². The SMILES string of the molecule is Nc1ccccc1-c1nnn(CCO)n1.OB(O)c1ccccc1OC(F)(F)F.OCCn1nnc(-c2ccccc2Nc2ccccc2OC(F)(F)F)n1. The number of anilines is 3. The molecule has 2 heterocycles. The molecule has 7 N–H and O–H groups in total. The lowest BCUT2D eigenvalue weighted by Crippen LogP contribution is -2.33. The van der Waals surface area contributed by atoms with Gasteiger partial charge in [0.05, 0.1) is 32.0 Å². The van der Waals surface area contributed by atoms with Crippen LogP contribution in [0.25, 0.3) is 22.8 Å². The summed E-state index contributed by atoms with van der Waals surface area (Å²) in [7, 11) is -1.99. The molecule has 55 heavy (non-hydrogen) atoms. The summed E-state index contributed by atoms with van der Waals surface area (Å²) in [4.78, 5) is 2.56. The molecule has 0 atom stereocenters. The first-order valence-corrected chi connectivity index (χ1v) is 15.7. The van der Waals surface area contributed by atoms with Crippen LogP contribution in [0.1, 0.15) is 0 Å². The molecule has 0 spiro atoms. The third-order valence-electron chi connectivity index (χ3n) is 6.68. The van der Waals surface area contributed by atoms with Crippen molar-refractivity contribution in [2.45, 2.75) is 25.8 Å². The van der Waals surface area contributed by atoms with Crippen LogP contribution in [0.15, 0.2) is 97.1 Å². The Kier molecular flexibility index (Phi) is 14.4. The van der Waals surface area contributed by atoms with E-state index in [0.717, 1.165) is 17.7 Å². The Hall–Kier alpha value is -6.30. The predicted molar refractivity (Wildman–Crippen MR) is 184 cm³/mol. The first-order valence-electron chi connectivity index (χ1n) is 15.7. The number of rotatable bonds is 11. The summed E-state index contributed by atoms with van der Waals surface area (Å²) in [6.07, 6.45) is -9.64. The van der Waals surface area contributed by atoms with Crippen LogP contribution in [0.4, 0.5) is 43.4 Å². The highest BCUT2D eigenvalue weighted by Gasteiger charge is 2.33. The smallest absolute Gasteiger partial charge is 0.423 e. The van der Waals surface area contributed by atoms with E-state index in [4.69, 9.17) is 26.0 Å². The Labute approximate surface area is 307 Å². The number of benzene rings is 4. The number of nitrogens with two attached hydrogens (primary N) is 1. The van der Waals surface area contributed by atoms with Crippen molar-refractivity contribution in [2.24, 2.45) is 0 Å².